The Balaban J connectivity index is 3.41. The summed E-state index contributed by atoms with van der Waals surface area (Å²) in [5.74, 6) is -0.918. The van der Waals surface area contributed by atoms with E-state index in [-0.39, 0.29) is 16.9 Å². The number of nitro groups is 1. The number of carbonyl (C=O) groups is 1. The molecule has 1 aromatic rings. The molecule has 0 saturated carbocycles. The lowest BCUT2D eigenvalue weighted by Crippen LogP contribution is -1.95. The molecule has 0 spiro atoms. The van der Waals surface area contributed by atoms with Crippen LogP contribution in [0.1, 0.15) is 10.4 Å². The normalized spacial score (nSPS) is 9.69. The fraction of sp³-hybridized carbons (Fsp3) is 0. The van der Waals surface area contributed by atoms with Crippen LogP contribution in [0.3, 0.4) is 0 Å². The van der Waals surface area contributed by atoms with Crippen molar-refractivity contribution in [1.82, 2.24) is 0 Å². The molecule has 0 N–H and O–H groups in total. The molecule has 0 fully saturated rings. The summed E-state index contributed by atoms with van der Waals surface area (Å²) in [4.78, 5) is 19.7. The number of hydrogen-bond acceptors (Lipinski definition) is 3. The van der Waals surface area contributed by atoms with Crippen molar-refractivity contribution >= 4 is 23.6 Å². The van der Waals surface area contributed by atoms with E-state index in [1.54, 1.807) is 0 Å². The monoisotopic (exact) mass is 203 g/mol. The van der Waals surface area contributed by atoms with Crippen LogP contribution in [-0.4, -0.2) is 11.2 Å². The van der Waals surface area contributed by atoms with Gasteiger partial charge in [-0.2, -0.15) is 0 Å². The first-order valence-electron chi connectivity index (χ1n) is 3.15. The molecule has 0 aromatic heterocycles. The number of rotatable bonds is 2. The van der Waals surface area contributed by atoms with Crippen molar-refractivity contribution in [1.29, 1.82) is 0 Å². The van der Waals surface area contributed by atoms with Gasteiger partial charge >= 0.3 is 0 Å². The zero-order chi connectivity index (χ0) is 10.0. The first-order valence-corrected chi connectivity index (χ1v) is 3.52. The topological polar surface area (TPSA) is 60.2 Å². The predicted molar refractivity (Wildman–Crippen MR) is 43.5 cm³/mol. The van der Waals surface area contributed by atoms with E-state index < -0.39 is 16.4 Å². The minimum absolute atomic E-state index is 0.239. The molecule has 0 radical (unpaired) electrons. The zero-order valence-corrected chi connectivity index (χ0v) is 6.92. The van der Waals surface area contributed by atoms with Crippen LogP contribution in [0.25, 0.3) is 0 Å². The van der Waals surface area contributed by atoms with Crippen LogP contribution >= 0.6 is 11.6 Å². The lowest BCUT2D eigenvalue weighted by Gasteiger charge is -1.97. The van der Waals surface area contributed by atoms with Crippen molar-refractivity contribution in [2.75, 3.05) is 0 Å². The first-order chi connectivity index (χ1) is 6.06. The van der Waals surface area contributed by atoms with Crippen LogP contribution in [0.15, 0.2) is 12.1 Å². The Morgan fingerprint density at radius 3 is 2.62 bits per heavy atom. The van der Waals surface area contributed by atoms with Crippen molar-refractivity contribution in [3.05, 3.63) is 38.7 Å². The smallest absolute Gasteiger partial charge is 0.282 e. The maximum atomic E-state index is 12.7. The molecular weight excluding hydrogens is 201 g/mol. The Bertz CT molecular complexity index is 380. The molecule has 0 unspecified atom stereocenters. The third-order valence-corrected chi connectivity index (χ3v) is 1.68. The molecule has 0 aliphatic carbocycles. The van der Waals surface area contributed by atoms with E-state index in [9.17, 15) is 19.3 Å². The quantitative estimate of drug-likeness (QED) is 0.421. The van der Waals surface area contributed by atoms with E-state index in [0.717, 1.165) is 6.07 Å². The molecule has 68 valence electrons. The number of nitrogens with zero attached hydrogens (tertiary/aromatic N) is 1. The van der Waals surface area contributed by atoms with Crippen LogP contribution in [0.2, 0.25) is 5.02 Å². The van der Waals surface area contributed by atoms with Gasteiger partial charge in [0, 0.05) is 0 Å². The molecule has 1 rings (SSSR count). The molecule has 13 heavy (non-hydrogen) atoms. The first kappa shape index (κ1) is 9.60. The number of halogens is 2. The second-order valence-electron chi connectivity index (χ2n) is 2.20. The second kappa shape index (κ2) is 3.49. The highest BCUT2D eigenvalue weighted by molar-refractivity contribution is 6.31. The number of aldehydes is 1. The Hall–Kier alpha value is -1.49. The average Bonchev–Trinajstić information content (AvgIpc) is 2.08. The van der Waals surface area contributed by atoms with Crippen molar-refractivity contribution in [2.45, 2.75) is 0 Å². The number of nitro benzene ring substituents is 1. The number of hydrogen-bond donors (Lipinski definition) is 0. The third kappa shape index (κ3) is 1.81. The van der Waals surface area contributed by atoms with Crippen LogP contribution in [0, 0.1) is 15.9 Å². The lowest BCUT2D eigenvalue weighted by molar-refractivity contribution is -0.385. The predicted octanol–water partition coefficient (Wildman–Crippen LogP) is 2.20. The molecular formula is C7H3ClFNO3. The van der Waals surface area contributed by atoms with Crippen molar-refractivity contribution in [3.63, 3.8) is 0 Å². The minimum atomic E-state index is -0.918. The lowest BCUT2D eigenvalue weighted by atomic mass is 10.2. The summed E-state index contributed by atoms with van der Waals surface area (Å²) < 4.78 is 12.7. The van der Waals surface area contributed by atoms with Crippen LogP contribution in [0.5, 0.6) is 0 Å². The highest BCUT2D eigenvalue weighted by Crippen LogP contribution is 2.24. The number of benzene rings is 1. The van der Waals surface area contributed by atoms with Gasteiger partial charge in [-0.3, -0.25) is 14.9 Å². The molecule has 0 aliphatic heterocycles. The molecule has 0 saturated heterocycles. The summed E-state index contributed by atoms with van der Waals surface area (Å²) in [7, 11) is 0. The fourth-order valence-electron chi connectivity index (χ4n) is 0.804. The summed E-state index contributed by atoms with van der Waals surface area (Å²) in [6.07, 6.45) is 0.253. The largest absolute Gasteiger partial charge is 0.298 e. The number of carbonyl (C=O) groups excluding carboxylic acids is 1. The standard InChI is InChI=1S/C7H3ClFNO3/c8-5-1-4(3-11)7(10(12)13)2-6(5)9/h1-3H. The maximum Gasteiger partial charge on any atom is 0.282 e. The van der Waals surface area contributed by atoms with Gasteiger partial charge in [0.15, 0.2) is 6.29 Å². The van der Waals surface area contributed by atoms with Gasteiger partial charge < -0.3 is 0 Å². The molecule has 0 bridgehead atoms. The van der Waals surface area contributed by atoms with Crippen LogP contribution in [0.4, 0.5) is 10.1 Å². The molecule has 0 aliphatic rings. The molecule has 6 heteroatoms. The Morgan fingerprint density at radius 1 is 1.54 bits per heavy atom. The van der Waals surface area contributed by atoms with E-state index in [0.29, 0.717) is 6.07 Å². The highest BCUT2D eigenvalue weighted by atomic mass is 35.5. The molecule has 4 nitrogen and oxygen atoms in total. The third-order valence-electron chi connectivity index (χ3n) is 1.39. The molecule has 0 atom stereocenters. The highest BCUT2D eigenvalue weighted by Gasteiger charge is 2.16. The van der Waals surface area contributed by atoms with Crippen LogP contribution in [-0.2, 0) is 0 Å². The van der Waals surface area contributed by atoms with E-state index in [4.69, 9.17) is 11.6 Å². The van der Waals surface area contributed by atoms with Gasteiger partial charge in [0.1, 0.15) is 5.82 Å². The summed E-state index contributed by atoms with van der Waals surface area (Å²) >= 11 is 5.31. The summed E-state index contributed by atoms with van der Waals surface area (Å²) in [5.41, 5.74) is -0.826. The Labute approximate surface area is 77.1 Å². The van der Waals surface area contributed by atoms with E-state index in [2.05, 4.69) is 0 Å². The second-order valence-corrected chi connectivity index (χ2v) is 2.61. The molecule has 0 heterocycles. The van der Waals surface area contributed by atoms with Gasteiger partial charge in [-0.1, -0.05) is 11.6 Å². The summed E-state index contributed by atoms with van der Waals surface area (Å²) in [6, 6.07) is 1.54. The Morgan fingerprint density at radius 2 is 2.15 bits per heavy atom. The van der Waals surface area contributed by atoms with Gasteiger partial charge in [-0.25, -0.2) is 4.39 Å². The fourth-order valence-corrected chi connectivity index (χ4v) is 0.976. The van der Waals surface area contributed by atoms with Gasteiger partial charge in [-0.15, -0.1) is 0 Å². The van der Waals surface area contributed by atoms with Gasteiger partial charge in [0.2, 0.25) is 0 Å². The van der Waals surface area contributed by atoms with Gasteiger partial charge in [-0.05, 0) is 6.07 Å². The molecule has 1 aromatic carbocycles. The van der Waals surface area contributed by atoms with Crippen molar-refractivity contribution < 1.29 is 14.1 Å². The SMILES string of the molecule is O=Cc1cc(Cl)c(F)cc1[N+](=O)[O-]. The summed E-state index contributed by atoms with van der Waals surface area (Å²) in [5, 5.41) is 9.97. The van der Waals surface area contributed by atoms with Gasteiger partial charge in [0.05, 0.1) is 21.6 Å². The van der Waals surface area contributed by atoms with Gasteiger partial charge in [0.25, 0.3) is 5.69 Å². The van der Waals surface area contributed by atoms with E-state index >= 15 is 0 Å². The van der Waals surface area contributed by atoms with E-state index in [1.165, 1.54) is 0 Å². The van der Waals surface area contributed by atoms with Crippen molar-refractivity contribution in [3.8, 4) is 0 Å². The summed E-state index contributed by atoms with van der Waals surface area (Å²) in [6.45, 7) is 0. The van der Waals surface area contributed by atoms with E-state index in [1.807, 2.05) is 0 Å². The zero-order valence-electron chi connectivity index (χ0n) is 6.16. The molecule has 0 amide bonds. The van der Waals surface area contributed by atoms with Crippen LogP contribution < -0.4 is 0 Å². The maximum absolute atomic E-state index is 12.7. The average molecular weight is 204 g/mol. The Kier molecular flexibility index (Phi) is 2.57. The minimum Gasteiger partial charge on any atom is -0.298 e. The van der Waals surface area contributed by atoms with Crippen molar-refractivity contribution in [2.24, 2.45) is 0 Å².